The maximum absolute atomic E-state index is 4.86. The summed E-state index contributed by atoms with van der Waals surface area (Å²) in [6.07, 6.45) is 23.5. The maximum atomic E-state index is 4.86. The summed E-state index contributed by atoms with van der Waals surface area (Å²) in [5.74, 6) is 2.38. The topological polar surface area (TPSA) is 17.8 Å². The van der Waals surface area contributed by atoms with Crippen molar-refractivity contribution in [1.82, 2.24) is 9.55 Å². The van der Waals surface area contributed by atoms with Gasteiger partial charge in [-0.3, -0.25) is 0 Å². The molecule has 1 rings (SSSR count). The molecule has 0 aliphatic heterocycles. The molecule has 1 aromatic heterocycles. The largest absolute Gasteiger partial charge is 0.337 e. The van der Waals surface area contributed by atoms with Crippen LogP contribution in [0.15, 0.2) is 6.20 Å². The van der Waals surface area contributed by atoms with E-state index in [0.717, 1.165) is 0 Å². The van der Waals surface area contributed by atoms with Gasteiger partial charge in [0.2, 0.25) is 0 Å². The lowest BCUT2D eigenvalue weighted by Crippen LogP contribution is -2.02. The van der Waals surface area contributed by atoms with E-state index in [1.165, 1.54) is 108 Å². The van der Waals surface area contributed by atoms with Crippen LogP contribution in [0.25, 0.3) is 0 Å². The summed E-state index contributed by atoms with van der Waals surface area (Å²) >= 11 is 0. The molecule has 0 saturated heterocycles. The number of imidazole rings is 1. The van der Waals surface area contributed by atoms with E-state index in [9.17, 15) is 0 Å². The zero-order chi connectivity index (χ0) is 19.9. The Balaban J connectivity index is 1.94. The van der Waals surface area contributed by atoms with Gasteiger partial charge in [0.25, 0.3) is 0 Å². The first-order valence-corrected chi connectivity index (χ1v) is 12.1. The first kappa shape index (κ1) is 24.2. The van der Waals surface area contributed by atoms with Gasteiger partial charge in [0, 0.05) is 19.2 Å². The Hall–Kier alpha value is -0.790. The molecule has 0 spiro atoms. The molecule has 0 N–H and O–H groups in total. The third-order valence-corrected chi connectivity index (χ3v) is 5.95. The lowest BCUT2D eigenvalue weighted by atomic mass is 10.0. The molecule has 27 heavy (non-hydrogen) atoms. The second kappa shape index (κ2) is 15.2. The molecule has 1 aromatic rings. The van der Waals surface area contributed by atoms with Crippen LogP contribution in [0.4, 0.5) is 0 Å². The Kier molecular flexibility index (Phi) is 13.6. The third-order valence-electron chi connectivity index (χ3n) is 5.95. The van der Waals surface area contributed by atoms with Crippen molar-refractivity contribution in [1.29, 1.82) is 0 Å². The van der Waals surface area contributed by atoms with Gasteiger partial charge in [0.15, 0.2) is 0 Å². The predicted molar refractivity (Wildman–Crippen MR) is 121 cm³/mol. The molecule has 1 unspecified atom stereocenters. The van der Waals surface area contributed by atoms with Crippen LogP contribution in [0.1, 0.15) is 147 Å². The first-order valence-electron chi connectivity index (χ1n) is 12.1. The summed E-state index contributed by atoms with van der Waals surface area (Å²) in [4.78, 5) is 4.86. The fourth-order valence-electron chi connectivity index (χ4n) is 4.01. The Labute approximate surface area is 170 Å². The minimum atomic E-state index is 0.526. The first-order chi connectivity index (χ1) is 13.1. The Morgan fingerprint density at radius 2 is 1.19 bits per heavy atom. The summed E-state index contributed by atoms with van der Waals surface area (Å²) in [5.41, 5.74) is 1.24. The molecule has 0 saturated carbocycles. The average Bonchev–Trinajstić information content (AvgIpc) is 3.04. The molecule has 2 nitrogen and oxygen atoms in total. The quantitative estimate of drug-likeness (QED) is 0.249. The molecular weight excluding hydrogens is 328 g/mol. The van der Waals surface area contributed by atoms with Gasteiger partial charge in [-0.05, 0) is 12.3 Å². The number of aryl methyl sites for hydroxylation is 1. The highest BCUT2D eigenvalue weighted by atomic mass is 15.1. The Morgan fingerprint density at radius 3 is 1.59 bits per heavy atom. The highest BCUT2D eigenvalue weighted by molar-refractivity contribution is 5.10. The fraction of sp³-hybridized carbons (Fsp3) is 0.880. The number of hydrogen-bond acceptors (Lipinski definition) is 1. The molecule has 0 bridgehead atoms. The van der Waals surface area contributed by atoms with Crippen molar-refractivity contribution in [2.45, 2.75) is 136 Å². The van der Waals surface area contributed by atoms with Crippen molar-refractivity contribution < 1.29 is 0 Å². The number of nitrogens with zero attached hydrogens (tertiary/aromatic N) is 2. The van der Waals surface area contributed by atoms with Gasteiger partial charge in [-0.2, -0.15) is 0 Å². The lowest BCUT2D eigenvalue weighted by Gasteiger charge is -2.11. The van der Waals surface area contributed by atoms with E-state index in [0.29, 0.717) is 11.8 Å². The van der Waals surface area contributed by atoms with Crippen LogP contribution in [0.3, 0.4) is 0 Å². The van der Waals surface area contributed by atoms with Crippen molar-refractivity contribution in [3.05, 3.63) is 17.7 Å². The van der Waals surface area contributed by atoms with Crippen LogP contribution >= 0.6 is 0 Å². The van der Waals surface area contributed by atoms with Gasteiger partial charge in [0.05, 0.1) is 5.69 Å². The van der Waals surface area contributed by atoms with Crippen LogP contribution in [0.5, 0.6) is 0 Å². The highest BCUT2D eigenvalue weighted by Gasteiger charge is 2.14. The standard InChI is InChI=1S/C25H48N2/c1-6-7-8-9-10-11-12-13-14-15-16-17-18-19-20-23(4)25-26-24(22(2)3)21-27(25)5/h21-23H,6-20H2,1-5H3. The van der Waals surface area contributed by atoms with Gasteiger partial charge in [-0.15, -0.1) is 0 Å². The highest BCUT2D eigenvalue weighted by Crippen LogP contribution is 2.24. The van der Waals surface area contributed by atoms with E-state index >= 15 is 0 Å². The van der Waals surface area contributed by atoms with Crippen molar-refractivity contribution in [3.63, 3.8) is 0 Å². The van der Waals surface area contributed by atoms with E-state index in [-0.39, 0.29) is 0 Å². The molecule has 158 valence electrons. The second-order valence-corrected chi connectivity index (χ2v) is 9.08. The van der Waals surface area contributed by atoms with E-state index in [1.54, 1.807) is 0 Å². The smallest absolute Gasteiger partial charge is 0.111 e. The SMILES string of the molecule is CCCCCCCCCCCCCCCCC(C)c1nc(C(C)C)cn1C. The Morgan fingerprint density at radius 1 is 0.741 bits per heavy atom. The summed E-state index contributed by atoms with van der Waals surface area (Å²) < 4.78 is 2.24. The molecule has 0 amide bonds. The average molecular weight is 377 g/mol. The van der Waals surface area contributed by atoms with Crippen molar-refractivity contribution in [3.8, 4) is 0 Å². The van der Waals surface area contributed by atoms with Gasteiger partial charge < -0.3 is 4.57 Å². The van der Waals surface area contributed by atoms with E-state index in [2.05, 4.69) is 45.5 Å². The lowest BCUT2D eigenvalue weighted by molar-refractivity contribution is 0.516. The van der Waals surface area contributed by atoms with Crippen LogP contribution in [0, 0.1) is 0 Å². The summed E-state index contributed by atoms with van der Waals surface area (Å²) in [6.45, 7) is 9.09. The number of unbranched alkanes of at least 4 members (excludes halogenated alkanes) is 13. The minimum absolute atomic E-state index is 0.526. The zero-order valence-electron chi connectivity index (χ0n) is 19.2. The molecular formula is C25H48N2. The number of aromatic nitrogens is 2. The third kappa shape index (κ3) is 11.0. The molecule has 0 aliphatic rings. The molecule has 0 radical (unpaired) electrons. The van der Waals surface area contributed by atoms with E-state index in [4.69, 9.17) is 4.98 Å². The number of hydrogen-bond donors (Lipinski definition) is 0. The van der Waals surface area contributed by atoms with E-state index < -0.39 is 0 Å². The van der Waals surface area contributed by atoms with Crippen LogP contribution in [-0.2, 0) is 7.05 Å². The molecule has 0 aliphatic carbocycles. The normalized spacial score (nSPS) is 12.8. The summed E-state index contributed by atoms with van der Waals surface area (Å²) in [5, 5.41) is 0. The van der Waals surface area contributed by atoms with Gasteiger partial charge in [0.1, 0.15) is 5.82 Å². The Bertz CT molecular complexity index is 461. The summed E-state index contributed by atoms with van der Waals surface area (Å²) in [7, 11) is 2.15. The van der Waals surface area contributed by atoms with Crippen molar-refractivity contribution >= 4 is 0 Å². The summed E-state index contributed by atoms with van der Waals surface area (Å²) in [6, 6.07) is 0. The van der Waals surface area contributed by atoms with Gasteiger partial charge >= 0.3 is 0 Å². The minimum Gasteiger partial charge on any atom is -0.337 e. The van der Waals surface area contributed by atoms with Gasteiger partial charge in [-0.1, -0.05) is 118 Å². The molecule has 1 atom stereocenters. The monoisotopic (exact) mass is 376 g/mol. The zero-order valence-corrected chi connectivity index (χ0v) is 19.2. The maximum Gasteiger partial charge on any atom is 0.111 e. The van der Waals surface area contributed by atoms with Gasteiger partial charge in [-0.25, -0.2) is 4.98 Å². The van der Waals surface area contributed by atoms with Crippen LogP contribution < -0.4 is 0 Å². The number of rotatable bonds is 17. The second-order valence-electron chi connectivity index (χ2n) is 9.08. The van der Waals surface area contributed by atoms with Crippen LogP contribution in [-0.4, -0.2) is 9.55 Å². The molecule has 0 aromatic carbocycles. The van der Waals surface area contributed by atoms with Crippen molar-refractivity contribution in [2.75, 3.05) is 0 Å². The molecule has 1 heterocycles. The van der Waals surface area contributed by atoms with Crippen molar-refractivity contribution in [2.24, 2.45) is 7.05 Å². The predicted octanol–water partition coefficient (Wildman–Crippen LogP) is 8.52. The van der Waals surface area contributed by atoms with Crippen LogP contribution in [0.2, 0.25) is 0 Å². The van der Waals surface area contributed by atoms with E-state index in [1.807, 2.05) is 0 Å². The molecule has 0 fully saturated rings. The molecule has 2 heteroatoms. The fourth-order valence-corrected chi connectivity index (χ4v) is 4.01.